The summed E-state index contributed by atoms with van der Waals surface area (Å²) in [5.74, 6) is 1.24. The van der Waals surface area contributed by atoms with Crippen molar-refractivity contribution in [1.82, 2.24) is 4.98 Å². The lowest BCUT2D eigenvalue weighted by atomic mass is 9.77. The zero-order valence-corrected chi connectivity index (χ0v) is 38.4. The summed E-state index contributed by atoms with van der Waals surface area (Å²) in [4.78, 5) is 43.0. The van der Waals surface area contributed by atoms with Crippen LogP contribution in [-0.4, -0.2) is 75.8 Å². The summed E-state index contributed by atoms with van der Waals surface area (Å²) in [5.41, 5.74) is 2.88. The van der Waals surface area contributed by atoms with E-state index in [1.807, 2.05) is 29.3 Å². The number of methoxy groups -OCH3 is 1. The van der Waals surface area contributed by atoms with E-state index in [9.17, 15) is 14.4 Å². The van der Waals surface area contributed by atoms with Gasteiger partial charge in [0.2, 0.25) is 5.13 Å². The highest BCUT2D eigenvalue weighted by atomic mass is 32.1. The molecule has 4 aromatic rings. The monoisotopic (exact) mass is 895 g/mol. The molecule has 0 saturated heterocycles. The maximum atomic E-state index is 13.8. The van der Waals surface area contributed by atoms with Crippen LogP contribution in [0.25, 0.3) is 10.2 Å². The van der Waals surface area contributed by atoms with Crippen molar-refractivity contribution in [3.63, 3.8) is 0 Å². The number of carbonyl (C=O) groups is 3. The molecule has 0 spiro atoms. The molecular weight excluding hydrogens is 831 g/mol. The first-order valence-corrected chi connectivity index (χ1v) is 24.0. The van der Waals surface area contributed by atoms with Gasteiger partial charge in [-0.15, -0.1) is 0 Å². The van der Waals surface area contributed by atoms with Crippen molar-refractivity contribution in [2.24, 2.45) is 22.9 Å². The molecule has 344 valence electrons. The van der Waals surface area contributed by atoms with Crippen LogP contribution in [0.15, 0.2) is 84.5 Å². The molecule has 0 unspecified atom stereocenters. The number of unbranched alkanes of at least 4 members (excludes halogenated alkanes) is 3. The molecular formula is C51H65N3O9S. The van der Waals surface area contributed by atoms with E-state index in [-0.39, 0.29) is 23.8 Å². The molecule has 12 nitrogen and oxygen atoms in total. The second-order valence-electron chi connectivity index (χ2n) is 16.7. The molecule has 2 saturated carbocycles. The maximum Gasteiger partial charge on any atom is 0.330 e. The predicted octanol–water partition coefficient (Wildman–Crippen LogP) is 10.9. The molecule has 2 fully saturated rings. The lowest BCUT2D eigenvalue weighted by molar-refractivity contribution is -0.145. The first kappa shape index (κ1) is 48.3. The summed E-state index contributed by atoms with van der Waals surface area (Å²) in [6, 6.07) is 21.3. The third-order valence-electron chi connectivity index (χ3n) is 12.1. The van der Waals surface area contributed by atoms with Crippen LogP contribution >= 0.6 is 11.3 Å². The second-order valence-corrected chi connectivity index (χ2v) is 17.7. The van der Waals surface area contributed by atoms with Gasteiger partial charge in [-0.2, -0.15) is 5.10 Å². The Morgan fingerprint density at radius 1 is 0.797 bits per heavy atom. The van der Waals surface area contributed by atoms with Gasteiger partial charge in [0.1, 0.15) is 17.2 Å². The number of thiazole rings is 1. The number of hydrogen-bond donors (Lipinski definition) is 0. The number of ether oxygens (including phenoxy) is 6. The van der Waals surface area contributed by atoms with Crippen molar-refractivity contribution < 1.29 is 42.8 Å². The Hall–Kier alpha value is -5.11. The Bertz CT molecular complexity index is 2070. The van der Waals surface area contributed by atoms with Crippen LogP contribution in [0.5, 0.6) is 17.2 Å². The normalized spacial score (nSPS) is 18.7. The highest BCUT2D eigenvalue weighted by Gasteiger charge is 2.33. The van der Waals surface area contributed by atoms with E-state index < -0.39 is 5.97 Å². The quantitative estimate of drug-likeness (QED) is 0.0157. The summed E-state index contributed by atoms with van der Waals surface area (Å²) in [6.45, 7) is 8.51. The molecule has 1 aromatic heterocycles. The Morgan fingerprint density at radius 2 is 1.50 bits per heavy atom. The summed E-state index contributed by atoms with van der Waals surface area (Å²) in [7, 11) is 1.65. The van der Waals surface area contributed by atoms with E-state index in [0.29, 0.717) is 88.4 Å². The van der Waals surface area contributed by atoms with Crippen LogP contribution in [0, 0.1) is 17.8 Å². The smallest absolute Gasteiger partial charge is 0.330 e. The maximum absolute atomic E-state index is 13.8. The van der Waals surface area contributed by atoms with Crippen LogP contribution in [-0.2, 0) is 28.6 Å². The molecule has 2 aliphatic rings. The van der Waals surface area contributed by atoms with E-state index in [4.69, 9.17) is 38.5 Å². The molecule has 0 radical (unpaired) electrons. The number of carbonyl (C=O) groups excluding carboxylic acids is 3. The van der Waals surface area contributed by atoms with Crippen LogP contribution < -0.4 is 19.2 Å². The standard InChI is InChI=1S/C51H65N3O9S/c1-4-12-37-15-17-38(18-16-37)41-23-28-46(42(35-41)36-52-54(29-32-59-34-33-58-3)51-53-45-13-8-9-14-47(45)64-51)63-50(57)40-21-19-39(20-22-40)49(56)62-44-26-24-43(25-27-44)60-30-10-6-7-11-31-61-48(55)5-2/h5,8-9,13-14,23-28,35-40H,2,4,6-7,10-12,15-22,29-34H2,1,3H3/b52-36+. The number of anilines is 1. The Balaban J connectivity index is 1.04. The van der Waals surface area contributed by atoms with Gasteiger partial charge in [0, 0.05) is 18.7 Å². The van der Waals surface area contributed by atoms with Crippen LogP contribution in [0.1, 0.15) is 114 Å². The van der Waals surface area contributed by atoms with Gasteiger partial charge in [-0.1, -0.05) is 55.9 Å². The summed E-state index contributed by atoms with van der Waals surface area (Å²) in [5, 5.41) is 7.57. The van der Waals surface area contributed by atoms with E-state index in [1.54, 1.807) is 48.9 Å². The average Bonchev–Trinajstić information content (AvgIpc) is 3.76. The summed E-state index contributed by atoms with van der Waals surface area (Å²) >= 11 is 1.57. The summed E-state index contributed by atoms with van der Waals surface area (Å²) < 4.78 is 34.9. The predicted molar refractivity (Wildman–Crippen MR) is 252 cm³/mol. The number of hydrazone groups is 1. The Morgan fingerprint density at radius 3 is 2.20 bits per heavy atom. The number of hydrogen-bond acceptors (Lipinski definition) is 13. The number of nitrogens with zero attached hydrogens (tertiary/aromatic N) is 3. The van der Waals surface area contributed by atoms with Gasteiger partial charge in [-0.3, -0.25) is 9.59 Å². The van der Waals surface area contributed by atoms with Crippen molar-refractivity contribution in [2.45, 2.75) is 103 Å². The van der Waals surface area contributed by atoms with E-state index in [2.05, 4.69) is 31.7 Å². The van der Waals surface area contributed by atoms with E-state index in [0.717, 1.165) is 65.4 Å². The Kier molecular flexibility index (Phi) is 19.6. The Labute approximate surface area is 382 Å². The lowest BCUT2D eigenvalue weighted by Crippen LogP contribution is -2.30. The van der Waals surface area contributed by atoms with Gasteiger partial charge < -0.3 is 28.4 Å². The summed E-state index contributed by atoms with van der Waals surface area (Å²) in [6.07, 6.45) is 15.9. The molecule has 0 N–H and O–H groups in total. The zero-order valence-electron chi connectivity index (χ0n) is 37.6. The van der Waals surface area contributed by atoms with Gasteiger partial charge in [0.15, 0.2) is 0 Å². The third kappa shape index (κ3) is 15.0. The molecule has 3 aromatic carbocycles. The molecule has 0 bridgehead atoms. The fourth-order valence-corrected chi connectivity index (χ4v) is 9.40. The first-order chi connectivity index (χ1) is 31.3. The highest BCUT2D eigenvalue weighted by Crippen LogP contribution is 2.39. The first-order valence-electron chi connectivity index (χ1n) is 23.2. The number of fused-ring (bicyclic) bond motifs is 1. The van der Waals surface area contributed by atoms with E-state index >= 15 is 0 Å². The number of para-hydroxylation sites is 1. The highest BCUT2D eigenvalue weighted by molar-refractivity contribution is 7.22. The van der Waals surface area contributed by atoms with Gasteiger partial charge in [-0.05, 0) is 143 Å². The van der Waals surface area contributed by atoms with Crippen LogP contribution in [0.3, 0.4) is 0 Å². The largest absolute Gasteiger partial charge is 0.494 e. The van der Waals surface area contributed by atoms with Crippen LogP contribution in [0.2, 0.25) is 0 Å². The van der Waals surface area contributed by atoms with E-state index in [1.165, 1.54) is 37.3 Å². The minimum atomic E-state index is -0.395. The van der Waals surface area contributed by atoms with Crippen molar-refractivity contribution in [3.8, 4) is 17.2 Å². The van der Waals surface area contributed by atoms with Crippen molar-refractivity contribution in [3.05, 3.63) is 90.5 Å². The molecule has 2 aliphatic carbocycles. The number of benzene rings is 3. The van der Waals surface area contributed by atoms with Crippen LogP contribution in [0.4, 0.5) is 5.13 Å². The second kappa shape index (κ2) is 26.0. The molecule has 13 heteroatoms. The zero-order chi connectivity index (χ0) is 44.9. The molecule has 0 atom stereocenters. The molecule has 0 amide bonds. The van der Waals surface area contributed by atoms with Gasteiger partial charge in [-0.25, -0.2) is 14.8 Å². The van der Waals surface area contributed by atoms with Gasteiger partial charge in [0.25, 0.3) is 0 Å². The average molecular weight is 896 g/mol. The molecule has 64 heavy (non-hydrogen) atoms. The minimum absolute atomic E-state index is 0.293. The number of esters is 3. The fraction of sp³-hybridized carbons (Fsp3) is 0.510. The topological polar surface area (TPSA) is 135 Å². The third-order valence-corrected chi connectivity index (χ3v) is 13.2. The number of rotatable bonds is 25. The van der Waals surface area contributed by atoms with Gasteiger partial charge >= 0.3 is 17.9 Å². The van der Waals surface area contributed by atoms with Crippen molar-refractivity contribution in [2.75, 3.05) is 51.7 Å². The molecule has 6 rings (SSSR count). The van der Waals surface area contributed by atoms with Gasteiger partial charge in [0.05, 0.1) is 67.8 Å². The fourth-order valence-electron chi connectivity index (χ4n) is 8.45. The minimum Gasteiger partial charge on any atom is -0.494 e. The lowest BCUT2D eigenvalue weighted by Gasteiger charge is -2.29. The van der Waals surface area contributed by atoms with Crippen molar-refractivity contribution >= 4 is 50.8 Å². The SMILES string of the molecule is C=CC(=O)OCCCCCCOc1ccc(OC(=O)C2CCC(C(=O)Oc3ccc(C4CCC(CCC)CC4)cc3/C=N/N(CCOCCOC)c3nc4ccccc4s3)CC2)cc1. The number of aromatic nitrogens is 1. The molecule has 1 heterocycles. The van der Waals surface area contributed by atoms with Crippen molar-refractivity contribution in [1.29, 1.82) is 0 Å². The molecule has 0 aliphatic heterocycles.